The van der Waals surface area contributed by atoms with Crippen molar-refractivity contribution in [1.82, 2.24) is 0 Å². The summed E-state index contributed by atoms with van der Waals surface area (Å²) in [5, 5.41) is 0. The molecule has 0 N–H and O–H groups in total. The molecule has 0 amide bonds. The Morgan fingerprint density at radius 1 is 1.23 bits per heavy atom. The van der Waals surface area contributed by atoms with E-state index in [9.17, 15) is 0 Å². The molecule has 0 unspecified atom stereocenters. The summed E-state index contributed by atoms with van der Waals surface area (Å²) in [6, 6.07) is 0. The first-order valence-electron chi connectivity index (χ1n) is 5.34. The molecule has 0 heterocycles. The van der Waals surface area contributed by atoms with Crippen LogP contribution in [0.3, 0.4) is 0 Å². The van der Waals surface area contributed by atoms with E-state index in [-0.39, 0.29) is 0 Å². The highest BCUT2D eigenvalue weighted by atomic mass is 14.2. The van der Waals surface area contributed by atoms with Crippen molar-refractivity contribution in [2.45, 2.75) is 38.5 Å². The Balaban J connectivity index is 1.87. The number of hydrogen-bond acceptors (Lipinski definition) is 0. The SMILES string of the molecule is C=C1[C]=C(CC2CCCCC2)C=C1. The van der Waals surface area contributed by atoms with Gasteiger partial charge in [0.05, 0.1) is 0 Å². The van der Waals surface area contributed by atoms with Gasteiger partial charge < -0.3 is 0 Å². The van der Waals surface area contributed by atoms with Crippen LogP contribution >= 0.6 is 0 Å². The normalized spacial score (nSPS) is 23.7. The van der Waals surface area contributed by atoms with Crippen molar-refractivity contribution in [3.8, 4) is 0 Å². The van der Waals surface area contributed by atoms with Crippen molar-refractivity contribution in [3.63, 3.8) is 0 Å². The zero-order chi connectivity index (χ0) is 9.10. The van der Waals surface area contributed by atoms with Gasteiger partial charge in [0.15, 0.2) is 0 Å². The molecule has 0 aromatic heterocycles. The van der Waals surface area contributed by atoms with E-state index in [4.69, 9.17) is 0 Å². The van der Waals surface area contributed by atoms with Gasteiger partial charge in [-0.05, 0) is 29.6 Å². The first-order valence-corrected chi connectivity index (χ1v) is 5.34. The summed E-state index contributed by atoms with van der Waals surface area (Å²) in [4.78, 5) is 0. The molecule has 13 heavy (non-hydrogen) atoms. The van der Waals surface area contributed by atoms with E-state index in [1.807, 2.05) is 0 Å². The van der Waals surface area contributed by atoms with Crippen LogP contribution in [0.15, 0.2) is 29.9 Å². The number of allylic oxidation sites excluding steroid dienone is 5. The lowest BCUT2D eigenvalue weighted by molar-refractivity contribution is 0.357. The minimum Gasteiger partial charge on any atom is -0.0911 e. The molecule has 0 heteroatoms. The molecule has 0 spiro atoms. The van der Waals surface area contributed by atoms with Crippen LogP contribution in [0.4, 0.5) is 0 Å². The summed E-state index contributed by atoms with van der Waals surface area (Å²) >= 11 is 0. The summed E-state index contributed by atoms with van der Waals surface area (Å²) < 4.78 is 0. The molecule has 0 aromatic rings. The van der Waals surface area contributed by atoms with Gasteiger partial charge in [-0.1, -0.05) is 50.8 Å². The van der Waals surface area contributed by atoms with Crippen LogP contribution < -0.4 is 0 Å². The Labute approximate surface area is 81.0 Å². The minimum absolute atomic E-state index is 0.923. The van der Waals surface area contributed by atoms with E-state index in [0.29, 0.717) is 0 Å². The smallest absolute Gasteiger partial charge is 0.00766 e. The third-order valence-electron chi connectivity index (χ3n) is 3.04. The lowest BCUT2D eigenvalue weighted by atomic mass is 9.85. The number of rotatable bonds is 2. The highest BCUT2D eigenvalue weighted by Crippen LogP contribution is 2.30. The zero-order valence-corrected chi connectivity index (χ0v) is 8.18. The van der Waals surface area contributed by atoms with Crippen molar-refractivity contribution < 1.29 is 0 Å². The third-order valence-corrected chi connectivity index (χ3v) is 3.04. The number of hydrogen-bond donors (Lipinski definition) is 0. The molecule has 69 valence electrons. The Morgan fingerprint density at radius 3 is 2.62 bits per heavy atom. The van der Waals surface area contributed by atoms with Gasteiger partial charge in [0.2, 0.25) is 0 Å². The van der Waals surface area contributed by atoms with Crippen LogP contribution in [0, 0.1) is 12.0 Å². The van der Waals surface area contributed by atoms with Gasteiger partial charge in [-0.25, -0.2) is 0 Å². The molecule has 2 aliphatic carbocycles. The van der Waals surface area contributed by atoms with Crippen LogP contribution in [0.1, 0.15) is 38.5 Å². The Hall–Kier alpha value is -0.780. The lowest BCUT2D eigenvalue weighted by Crippen LogP contribution is -2.06. The van der Waals surface area contributed by atoms with Crippen LogP contribution in [-0.4, -0.2) is 0 Å². The maximum atomic E-state index is 3.88. The molecule has 0 aliphatic heterocycles. The molecule has 0 aromatic carbocycles. The quantitative estimate of drug-likeness (QED) is 0.595. The summed E-state index contributed by atoms with van der Waals surface area (Å²) in [6.07, 6.45) is 15.9. The molecule has 0 atom stereocenters. The monoisotopic (exact) mass is 173 g/mol. The topological polar surface area (TPSA) is 0 Å². The van der Waals surface area contributed by atoms with E-state index in [1.165, 1.54) is 44.1 Å². The van der Waals surface area contributed by atoms with Crippen molar-refractivity contribution in [2.75, 3.05) is 0 Å². The van der Waals surface area contributed by atoms with Gasteiger partial charge in [0.1, 0.15) is 0 Å². The molecular formula is C13H17. The maximum absolute atomic E-state index is 3.88. The van der Waals surface area contributed by atoms with E-state index in [2.05, 4.69) is 24.8 Å². The Morgan fingerprint density at radius 2 is 2.00 bits per heavy atom. The third kappa shape index (κ3) is 2.33. The first-order chi connectivity index (χ1) is 6.34. The maximum Gasteiger partial charge on any atom is -0.00766 e. The van der Waals surface area contributed by atoms with E-state index < -0.39 is 0 Å². The molecule has 2 rings (SSSR count). The van der Waals surface area contributed by atoms with E-state index in [0.717, 1.165) is 11.5 Å². The van der Waals surface area contributed by atoms with Crippen LogP contribution in [0.25, 0.3) is 0 Å². The molecule has 1 saturated carbocycles. The standard InChI is InChI=1S/C13H17/c1-11-7-8-13(9-11)10-12-5-3-2-4-6-12/h7-8,12H,1-6,10H2. The summed E-state index contributed by atoms with van der Waals surface area (Å²) in [5.74, 6) is 0.923. The van der Waals surface area contributed by atoms with Crippen molar-refractivity contribution in [1.29, 1.82) is 0 Å². The fourth-order valence-corrected chi connectivity index (χ4v) is 2.31. The van der Waals surface area contributed by atoms with E-state index in [1.54, 1.807) is 0 Å². The van der Waals surface area contributed by atoms with Gasteiger partial charge in [0.25, 0.3) is 0 Å². The van der Waals surface area contributed by atoms with Gasteiger partial charge in [-0.15, -0.1) is 0 Å². The van der Waals surface area contributed by atoms with Crippen molar-refractivity contribution in [3.05, 3.63) is 36.0 Å². The molecule has 2 aliphatic rings. The fourth-order valence-electron chi connectivity index (χ4n) is 2.31. The van der Waals surface area contributed by atoms with Crippen LogP contribution in [0.5, 0.6) is 0 Å². The van der Waals surface area contributed by atoms with Crippen LogP contribution in [0.2, 0.25) is 0 Å². The summed E-state index contributed by atoms with van der Waals surface area (Å²) in [5.41, 5.74) is 2.42. The molecular weight excluding hydrogens is 156 g/mol. The molecule has 0 saturated heterocycles. The highest BCUT2D eigenvalue weighted by Gasteiger charge is 2.15. The molecule has 1 fully saturated rings. The first kappa shape index (κ1) is 8.80. The largest absolute Gasteiger partial charge is 0.0911 e. The van der Waals surface area contributed by atoms with Gasteiger partial charge in [-0.2, -0.15) is 0 Å². The van der Waals surface area contributed by atoms with Crippen molar-refractivity contribution in [2.24, 2.45) is 5.92 Å². The molecule has 0 bridgehead atoms. The average molecular weight is 173 g/mol. The minimum atomic E-state index is 0.923. The summed E-state index contributed by atoms with van der Waals surface area (Å²) in [6.45, 7) is 3.88. The average Bonchev–Trinajstić information content (AvgIpc) is 2.53. The predicted molar refractivity (Wildman–Crippen MR) is 56.2 cm³/mol. The van der Waals surface area contributed by atoms with Gasteiger partial charge in [0, 0.05) is 0 Å². The second-order valence-corrected chi connectivity index (χ2v) is 4.22. The summed E-state index contributed by atoms with van der Waals surface area (Å²) in [7, 11) is 0. The second kappa shape index (κ2) is 3.95. The van der Waals surface area contributed by atoms with Crippen molar-refractivity contribution >= 4 is 0 Å². The van der Waals surface area contributed by atoms with Gasteiger partial charge in [-0.3, -0.25) is 0 Å². The lowest BCUT2D eigenvalue weighted by Gasteiger charge is -2.21. The second-order valence-electron chi connectivity index (χ2n) is 4.22. The van der Waals surface area contributed by atoms with Gasteiger partial charge >= 0.3 is 0 Å². The predicted octanol–water partition coefficient (Wildman–Crippen LogP) is 3.81. The van der Waals surface area contributed by atoms with Crippen LogP contribution in [-0.2, 0) is 0 Å². The fraction of sp³-hybridized carbons (Fsp3) is 0.538. The van der Waals surface area contributed by atoms with E-state index >= 15 is 0 Å². The highest BCUT2D eigenvalue weighted by molar-refractivity contribution is 5.39. The molecule has 1 radical (unpaired) electrons. The Kier molecular flexibility index (Phi) is 2.68. The zero-order valence-electron chi connectivity index (χ0n) is 8.18. The molecule has 0 nitrogen and oxygen atoms in total. The Bertz CT molecular complexity index is 249.